The Labute approximate surface area is 241 Å². The van der Waals surface area contributed by atoms with Crippen molar-refractivity contribution in [3.63, 3.8) is 0 Å². The zero-order valence-corrected chi connectivity index (χ0v) is 24.9. The van der Waals surface area contributed by atoms with E-state index in [2.05, 4.69) is 121 Å². The van der Waals surface area contributed by atoms with Crippen LogP contribution in [0.3, 0.4) is 0 Å². The highest BCUT2D eigenvalue weighted by Gasteiger charge is 1.99. The van der Waals surface area contributed by atoms with Crippen LogP contribution in [0.2, 0.25) is 0 Å². The number of rotatable bonds is 3. The lowest BCUT2D eigenvalue weighted by Crippen LogP contribution is -1.79. The molecule has 0 heteroatoms. The molecule has 0 unspecified atom stereocenters. The lowest BCUT2D eigenvalue weighted by molar-refractivity contribution is 1.50. The molecular weight excluding hydrogens is 468 g/mol. The Hall–Kier alpha value is -3.90. The summed E-state index contributed by atoms with van der Waals surface area (Å²) in [6, 6.07) is 50.4. The molecular formula is C39H52. The van der Waals surface area contributed by atoms with Crippen LogP contribution in [0.4, 0.5) is 0 Å². The molecule has 0 fully saturated rings. The van der Waals surface area contributed by atoms with Crippen molar-refractivity contribution >= 4 is 0 Å². The van der Waals surface area contributed by atoms with Crippen molar-refractivity contribution in [1.29, 1.82) is 0 Å². The number of benzene rings is 5. The average Bonchev–Trinajstić information content (AvgIpc) is 3.07. The molecule has 5 aromatic rings. The van der Waals surface area contributed by atoms with Crippen LogP contribution in [0.1, 0.15) is 62.8 Å². The summed E-state index contributed by atoms with van der Waals surface area (Å²) in [5.41, 5.74) is 7.59. The third-order valence-corrected chi connectivity index (χ3v) is 4.98. The Balaban J connectivity index is 0. The largest absolute Gasteiger partial charge is 0.0776 e. The average molecular weight is 521 g/mol. The summed E-state index contributed by atoms with van der Waals surface area (Å²) in [5, 5.41) is 0. The molecule has 0 aliphatic carbocycles. The summed E-state index contributed by atoms with van der Waals surface area (Å²) >= 11 is 0. The highest BCUT2D eigenvalue weighted by atomic mass is 14.0. The van der Waals surface area contributed by atoms with Gasteiger partial charge in [-0.1, -0.05) is 208 Å². The smallest absolute Gasteiger partial charge is 0.0184 e. The van der Waals surface area contributed by atoms with Gasteiger partial charge in [0.25, 0.3) is 0 Å². The summed E-state index contributed by atoms with van der Waals surface area (Å²) in [7, 11) is 0. The van der Waals surface area contributed by atoms with E-state index in [1.165, 1.54) is 33.4 Å². The van der Waals surface area contributed by atoms with E-state index in [1.807, 2.05) is 79.7 Å². The molecule has 0 atom stereocenters. The van der Waals surface area contributed by atoms with E-state index in [0.717, 1.165) is 0 Å². The van der Waals surface area contributed by atoms with Crippen molar-refractivity contribution in [2.75, 3.05) is 0 Å². The normalized spacial score (nSPS) is 8.31. The first-order valence-electron chi connectivity index (χ1n) is 14.2. The minimum atomic E-state index is 0. The van der Waals surface area contributed by atoms with E-state index in [-0.39, 0.29) is 7.43 Å². The van der Waals surface area contributed by atoms with E-state index in [0.29, 0.717) is 0 Å². The van der Waals surface area contributed by atoms with Crippen LogP contribution in [0.15, 0.2) is 146 Å². The lowest BCUT2D eigenvalue weighted by atomic mass is 10.0. The van der Waals surface area contributed by atoms with Crippen LogP contribution in [0.25, 0.3) is 33.4 Å². The minimum absolute atomic E-state index is 0. The van der Waals surface area contributed by atoms with E-state index in [4.69, 9.17) is 0 Å². The first-order chi connectivity index (χ1) is 18.9. The van der Waals surface area contributed by atoms with Gasteiger partial charge in [0.05, 0.1) is 0 Å². The van der Waals surface area contributed by atoms with E-state index < -0.39 is 0 Å². The van der Waals surface area contributed by atoms with Crippen molar-refractivity contribution in [3.05, 3.63) is 146 Å². The number of hydrogen-bond acceptors (Lipinski definition) is 0. The van der Waals surface area contributed by atoms with Gasteiger partial charge >= 0.3 is 0 Å². The summed E-state index contributed by atoms with van der Waals surface area (Å²) in [4.78, 5) is 0. The summed E-state index contributed by atoms with van der Waals surface area (Å²) in [6.45, 7) is 16.0. The van der Waals surface area contributed by atoms with Gasteiger partial charge in [-0.2, -0.15) is 0 Å². The molecule has 5 rings (SSSR count). The highest BCUT2D eigenvalue weighted by Crippen LogP contribution is 2.24. The Morgan fingerprint density at radius 1 is 0.205 bits per heavy atom. The standard InChI is InChI=1S/C18H14.C12H10.4C2H6.CH4/c1-3-7-15(8-4-1)17-11-13-18(14-12-17)16-9-5-2-6-10-16;1-3-7-11(8-4-1)12-9-5-2-6-10-12;4*1-2;/h1-14H;1-10H;4*1-2H3;1H4. The molecule has 0 bridgehead atoms. The SMILES string of the molecule is C.CC.CC.CC.CC.c1ccc(-c2ccc(-c3ccccc3)cc2)cc1.c1ccc(-c2ccccc2)cc1. The molecule has 0 amide bonds. The van der Waals surface area contributed by atoms with Gasteiger partial charge in [-0.15, -0.1) is 0 Å². The van der Waals surface area contributed by atoms with Gasteiger partial charge in [0.1, 0.15) is 0 Å². The van der Waals surface area contributed by atoms with Crippen molar-refractivity contribution in [1.82, 2.24) is 0 Å². The van der Waals surface area contributed by atoms with E-state index in [1.54, 1.807) is 0 Å². The Morgan fingerprint density at radius 3 is 0.487 bits per heavy atom. The molecule has 39 heavy (non-hydrogen) atoms. The first kappa shape index (κ1) is 37.3. The molecule has 0 aromatic heterocycles. The highest BCUT2D eigenvalue weighted by molar-refractivity contribution is 5.70. The molecule has 0 saturated heterocycles. The van der Waals surface area contributed by atoms with Crippen LogP contribution < -0.4 is 0 Å². The molecule has 0 aliphatic rings. The summed E-state index contributed by atoms with van der Waals surface area (Å²) in [6.07, 6.45) is 0. The topological polar surface area (TPSA) is 0 Å². The van der Waals surface area contributed by atoms with Gasteiger partial charge in [0, 0.05) is 0 Å². The second-order valence-corrected chi connectivity index (χ2v) is 7.04. The second-order valence-electron chi connectivity index (χ2n) is 7.04. The van der Waals surface area contributed by atoms with Crippen molar-refractivity contribution in [2.24, 2.45) is 0 Å². The monoisotopic (exact) mass is 520 g/mol. The fraction of sp³-hybridized carbons (Fsp3) is 0.231. The van der Waals surface area contributed by atoms with Crippen LogP contribution in [0.5, 0.6) is 0 Å². The Morgan fingerprint density at radius 2 is 0.333 bits per heavy atom. The van der Waals surface area contributed by atoms with Gasteiger partial charge in [0.15, 0.2) is 0 Å². The van der Waals surface area contributed by atoms with Crippen molar-refractivity contribution in [2.45, 2.75) is 62.8 Å². The molecule has 208 valence electrons. The fourth-order valence-corrected chi connectivity index (χ4v) is 3.38. The van der Waals surface area contributed by atoms with Crippen molar-refractivity contribution < 1.29 is 0 Å². The predicted molar refractivity (Wildman–Crippen MR) is 181 cm³/mol. The third kappa shape index (κ3) is 14.0. The Kier molecular flexibility index (Phi) is 24.6. The number of hydrogen-bond donors (Lipinski definition) is 0. The maximum Gasteiger partial charge on any atom is -0.0184 e. The van der Waals surface area contributed by atoms with Gasteiger partial charge in [0.2, 0.25) is 0 Å². The molecule has 0 heterocycles. The van der Waals surface area contributed by atoms with Gasteiger partial charge in [-0.05, 0) is 33.4 Å². The Bertz CT molecular complexity index is 1030. The zero-order valence-electron chi connectivity index (χ0n) is 24.9. The molecule has 0 nitrogen and oxygen atoms in total. The zero-order chi connectivity index (χ0) is 28.4. The van der Waals surface area contributed by atoms with Gasteiger partial charge in [-0.3, -0.25) is 0 Å². The molecule has 0 radical (unpaired) electrons. The predicted octanol–water partition coefficient (Wildman–Crippen LogP) is 13.1. The summed E-state index contributed by atoms with van der Waals surface area (Å²) < 4.78 is 0. The van der Waals surface area contributed by atoms with Crippen LogP contribution in [0, 0.1) is 0 Å². The second kappa shape index (κ2) is 25.7. The lowest BCUT2D eigenvalue weighted by Gasteiger charge is -2.04. The van der Waals surface area contributed by atoms with E-state index >= 15 is 0 Å². The quantitative estimate of drug-likeness (QED) is 0.222. The third-order valence-electron chi connectivity index (χ3n) is 4.98. The van der Waals surface area contributed by atoms with E-state index in [9.17, 15) is 0 Å². The van der Waals surface area contributed by atoms with Crippen LogP contribution in [-0.2, 0) is 0 Å². The maximum absolute atomic E-state index is 2.18. The van der Waals surface area contributed by atoms with Crippen LogP contribution in [-0.4, -0.2) is 0 Å². The maximum atomic E-state index is 2.18. The molecule has 0 spiro atoms. The van der Waals surface area contributed by atoms with Crippen molar-refractivity contribution in [3.8, 4) is 33.4 Å². The fourth-order valence-electron chi connectivity index (χ4n) is 3.38. The van der Waals surface area contributed by atoms with Crippen LogP contribution >= 0.6 is 0 Å². The minimum Gasteiger partial charge on any atom is -0.0776 e. The molecule has 0 aliphatic heterocycles. The molecule has 0 N–H and O–H groups in total. The molecule has 0 saturated carbocycles. The van der Waals surface area contributed by atoms with Gasteiger partial charge < -0.3 is 0 Å². The molecule has 5 aromatic carbocycles. The first-order valence-corrected chi connectivity index (χ1v) is 14.2. The van der Waals surface area contributed by atoms with Gasteiger partial charge in [-0.25, -0.2) is 0 Å². The summed E-state index contributed by atoms with van der Waals surface area (Å²) in [5.74, 6) is 0.